The Kier molecular flexibility index (Phi) is 3.11. The standard InChI is InChI=1S/C15H17N3S/c1-16-10-4-6-12-14(8-10)19-15-9-11(18(2)3)5-7-13(15)17-12/h4-9,14,16H,1-3H3. The number of hydrogen-bond acceptors (Lipinski definition) is 4. The number of benzene rings is 1. The molecule has 1 aliphatic carbocycles. The average Bonchev–Trinajstić information content (AvgIpc) is 2.43. The van der Waals surface area contributed by atoms with E-state index in [1.807, 2.05) is 18.8 Å². The number of aliphatic imine (C=N–C) groups is 1. The normalized spacial score (nSPS) is 20.1. The van der Waals surface area contributed by atoms with E-state index in [0.717, 1.165) is 17.1 Å². The molecule has 0 spiro atoms. The molecule has 1 unspecified atom stereocenters. The summed E-state index contributed by atoms with van der Waals surface area (Å²) in [6.07, 6.45) is 6.41. The molecule has 3 rings (SSSR count). The van der Waals surface area contributed by atoms with E-state index < -0.39 is 0 Å². The summed E-state index contributed by atoms with van der Waals surface area (Å²) in [5, 5.41) is 3.51. The van der Waals surface area contributed by atoms with Gasteiger partial charge < -0.3 is 10.2 Å². The molecule has 19 heavy (non-hydrogen) atoms. The molecule has 0 saturated heterocycles. The summed E-state index contributed by atoms with van der Waals surface area (Å²) in [5.41, 5.74) is 4.58. The van der Waals surface area contributed by atoms with Gasteiger partial charge in [0.05, 0.1) is 16.6 Å². The summed E-state index contributed by atoms with van der Waals surface area (Å²) in [6.45, 7) is 0. The summed E-state index contributed by atoms with van der Waals surface area (Å²) in [4.78, 5) is 8.13. The number of thioether (sulfide) groups is 1. The third kappa shape index (κ3) is 2.28. The van der Waals surface area contributed by atoms with Crippen molar-refractivity contribution < 1.29 is 0 Å². The van der Waals surface area contributed by atoms with Gasteiger partial charge in [-0.2, -0.15) is 0 Å². The monoisotopic (exact) mass is 271 g/mol. The van der Waals surface area contributed by atoms with E-state index >= 15 is 0 Å². The van der Waals surface area contributed by atoms with Gasteiger partial charge in [-0.15, -0.1) is 11.8 Å². The van der Waals surface area contributed by atoms with Crippen molar-refractivity contribution in [3.05, 3.63) is 42.1 Å². The Bertz CT molecular complexity index is 599. The molecule has 98 valence electrons. The van der Waals surface area contributed by atoms with Gasteiger partial charge in [-0.1, -0.05) is 0 Å². The van der Waals surface area contributed by atoms with Crippen LogP contribution in [0.15, 0.2) is 52.0 Å². The molecular weight excluding hydrogens is 254 g/mol. The number of fused-ring (bicyclic) bond motifs is 2. The van der Waals surface area contributed by atoms with Crippen molar-refractivity contribution in [3.8, 4) is 0 Å². The molecule has 1 atom stereocenters. The van der Waals surface area contributed by atoms with Crippen LogP contribution in [0.25, 0.3) is 0 Å². The van der Waals surface area contributed by atoms with Gasteiger partial charge in [-0.05, 0) is 36.4 Å². The van der Waals surface area contributed by atoms with Crippen molar-refractivity contribution in [2.45, 2.75) is 10.1 Å². The zero-order valence-corrected chi connectivity index (χ0v) is 12.2. The third-order valence-electron chi connectivity index (χ3n) is 3.31. The molecule has 1 aromatic rings. The number of likely N-dealkylation sites (N-methyl/N-ethyl adjacent to an activating group) is 1. The summed E-state index contributed by atoms with van der Waals surface area (Å²) in [7, 11) is 6.07. The number of allylic oxidation sites excluding steroid dienone is 2. The first-order chi connectivity index (χ1) is 9.17. The third-order valence-corrected chi connectivity index (χ3v) is 4.52. The molecular formula is C15H17N3S. The van der Waals surface area contributed by atoms with E-state index in [1.54, 1.807) is 0 Å². The smallest absolute Gasteiger partial charge is 0.0771 e. The van der Waals surface area contributed by atoms with E-state index in [-0.39, 0.29) is 0 Å². The van der Waals surface area contributed by atoms with Crippen molar-refractivity contribution >= 4 is 28.8 Å². The zero-order valence-electron chi connectivity index (χ0n) is 11.3. The van der Waals surface area contributed by atoms with Crippen LogP contribution in [0.4, 0.5) is 11.4 Å². The molecule has 1 heterocycles. The quantitative estimate of drug-likeness (QED) is 0.896. The Labute approximate surface area is 118 Å². The summed E-state index contributed by atoms with van der Waals surface area (Å²) >= 11 is 1.87. The number of hydrogen-bond donors (Lipinski definition) is 1. The lowest BCUT2D eigenvalue weighted by Crippen LogP contribution is -2.21. The average molecular weight is 271 g/mol. The van der Waals surface area contributed by atoms with Gasteiger partial charge in [-0.3, -0.25) is 4.99 Å². The van der Waals surface area contributed by atoms with Crippen molar-refractivity contribution in [1.29, 1.82) is 0 Å². The van der Waals surface area contributed by atoms with Gasteiger partial charge in [0.15, 0.2) is 0 Å². The second-order valence-electron chi connectivity index (χ2n) is 4.83. The molecule has 0 amide bonds. The largest absolute Gasteiger partial charge is 0.388 e. The van der Waals surface area contributed by atoms with Crippen LogP contribution < -0.4 is 10.2 Å². The predicted molar refractivity (Wildman–Crippen MR) is 83.8 cm³/mol. The summed E-state index contributed by atoms with van der Waals surface area (Å²) in [5.74, 6) is 0. The molecule has 2 aliphatic rings. The van der Waals surface area contributed by atoms with Gasteiger partial charge >= 0.3 is 0 Å². The van der Waals surface area contributed by atoms with E-state index in [4.69, 9.17) is 4.99 Å². The molecule has 0 radical (unpaired) electrons. The van der Waals surface area contributed by atoms with Gasteiger partial charge in [-0.25, -0.2) is 0 Å². The molecule has 0 saturated carbocycles. The van der Waals surface area contributed by atoms with Crippen LogP contribution in [-0.2, 0) is 0 Å². The van der Waals surface area contributed by atoms with E-state index in [2.05, 4.69) is 60.7 Å². The van der Waals surface area contributed by atoms with Crippen LogP contribution >= 0.6 is 11.8 Å². The fourth-order valence-corrected chi connectivity index (χ4v) is 3.34. The van der Waals surface area contributed by atoms with E-state index in [1.165, 1.54) is 10.6 Å². The number of rotatable bonds is 2. The van der Waals surface area contributed by atoms with Crippen molar-refractivity contribution in [2.24, 2.45) is 4.99 Å². The first kappa shape index (κ1) is 12.4. The van der Waals surface area contributed by atoms with E-state index in [0.29, 0.717) is 5.25 Å². The first-order valence-corrected chi connectivity index (χ1v) is 7.19. The van der Waals surface area contributed by atoms with Crippen molar-refractivity contribution in [3.63, 3.8) is 0 Å². The highest BCUT2D eigenvalue weighted by Gasteiger charge is 2.23. The molecule has 1 N–H and O–H groups in total. The predicted octanol–water partition coefficient (Wildman–Crippen LogP) is 2.97. The van der Waals surface area contributed by atoms with Gasteiger partial charge in [0, 0.05) is 37.4 Å². The number of anilines is 1. The number of nitrogens with zero attached hydrogens (tertiary/aromatic N) is 2. The molecule has 4 heteroatoms. The van der Waals surface area contributed by atoms with Crippen LogP contribution in [0.3, 0.4) is 0 Å². The number of nitrogens with one attached hydrogen (secondary N) is 1. The maximum Gasteiger partial charge on any atom is 0.0771 e. The lowest BCUT2D eigenvalue weighted by Gasteiger charge is -2.25. The molecule has 1 aliphatic heterocycles. The van der Waals surface area contributed by atoms with Crippen LogP contribution in [0.5, 0.6) is 0 Å². The highest BCUT2D eigenvalue weighted by molar-refractivity contribution is 8.01. The van der Waals surface area contributed by atoms with Crippen LogP contribution in [-0.4, -0.2) is 32.1 Å². The second kappa shape index (κ2) is 4.78. The van der Waals surface area contributed by atoms with Gasteiger partial charge in [0.2, 0.25) is 0 Å². The topological polar surface area (TPSA) is 27.6 Å². The van der Waals surface area contributed by atoms with Gasteiger partial charge in [0.1, 0.15) is 0 Å². The second-order valence-corrected chi connectivity index (χ2v) is 6.01. The van der Waals surface area contributed by atoms with Gasteiger partial charge in [0.25, 0.3) is 0 Å². The Morgan fingerprint density at radius 2 is 2.11 bits per heavy atom. The maximum absolute atomic E-state index is 4.75. The lowest BCUT2D eigenvalue weighted by atomic mass is 10.1. The lowest BCUT2D eigenvalue weighted by molar-refractivity contribution is 1.02. The fraction of sp³-hybridized carbons (Fsp3) is 0.267. The molecule has 1 aromatic carbocycles. The van der Waals surface area contributed by atoms with Crippen LogP contribution in [0.2, 0.25) is 0 Å². The SMILES string of the molecule is CNC1=CC2Sc3cc(N(C)C)ccc3N=C2C=C1. The molecule has 0 aromatic heterocycles. The molecule has 3 nitrogen and oxygen atoms in total. The maximum atomic E-state index is 4.75. The first-order valence-electron chi connectivity index (χ1n) is 6.31. The minimum atomic E-state index is 0.317. The zero-order chi connectivity index (χ0) is 13.4. The highest BCUT2D eigenvalue weighted by atomic mass is 32.2. The summed E-state index contributed by atoms with van der Waals surface area (Å²) < 4.78 is 0. The minimum Gasteiger partial charge on any atom is -0.388 e. The van der Waals surface area contributed by atoms with Crippen LogP contribution in [0, 0.1) is 0 Å². The molecule has 0 bridgehead atoms. The Morgan fingerprint density at radius 1 is 1.26 bits per heavy atom. The highest BCUT2D eigenvalue weighted by Crippen LogP contribution is 2.41. The minimum absolute atomic E-state index is 0.317. The summed E-state index contributed by atoms with van der Waals surface area (Å²) in [6, 6.07) is 6.43. The fourth-order valence-electron chi connectivity index (χ4n) is 2.18. The van der Waals surface area contributed by atoms with Crippen LogP contribution in [0.1, 0.15) is 0 Å². The Hall–Kier alpha value is -1.68. The Morgan fingerprint density at radius 3 is 2.84 bits per heavy atom. The molecule has 0 fully saturated rings. The van der Waals surface area contributed by atoms with Crippen molar-refractivity contribution in [2.75, 3.05) is 26.0 Å². The van der Waals surface area contributed by atoms with E-state index in [9.17, 15) is 0 Å². The van der Waals surface area contributed by atoms with Crippen molar-refractivity contribution in [1.82, 2.24) is 5.32 Å². The Balaban J connectivity index is 1.99.